The van der Waals surface area contributed by atoms with Crippen LogP contribution in [0.1, 0.15) is 64.2 Å². The molecule has 0 aromatic carbocycles. The molecule has 0 unspecified atom stereocenters. The van der Waals surface area contributed by atoms with Crippen molar-refractivity contribution in [1.29, 1.82) is 0 Å². The Morgan fingerprint density at radius 3 is 0.960 bits per heavy atom. The second-order valence-corrected chi connectivity index (χ2v) is 16.6. The van der Waals surface area contributed by atoms with Crippen LogP contribution in [-0.2, 0) is 4.74 Å². The molecule has 0 atom stereocenters. The van der Waals surface area contributed by atoms with Crippen molar-refractivity contribution in [3.63, 3.8) is 0 Å². The lowest BCUT2D eigenvalue weighted by atomic mass is 10.1. The van der Waals surface area contributed by atoms with E-state index in [1.807, 2.05) is 0 Å². The lowest BCUT2D eigenvalue weighted by Gasteiger charge is -2.21. The molecule has 0 bridgehead atoms. The largest absolute Gasteiger partial charge is 0.379 e. The van der Waals surface area contributed by atoms with Crippen LogP contribution >= 0.6 is 11.8 Å². The van der Waals surface area contributed by atoms with E-state index < -0.39 is 0 Å². The summed E-state index contributed by atoms with van der Waals surface area (Å²) in [6, 6.07) is 0. The van der Waals surface area contributed by atoms with Gasteiger partial charge in [-0.2, -0.15) is 11.8 Å². The molecule has 0 saturated carbocycles. The zero-order valence-electron chi connectivity index (χ0n) is 34.6. The van der Waals surface area contributed by atoms with Crippen molar-refractivity contribution in [3.05, 3.63) is 0 Å². The molecule has 7 heterocycles. The summed E-state index contributed by atoms with van der Waals surface area (Å²) in [6.45, 7) is 24.1. The average Bonchev–Trinajstić information content (AvgIpc) is 3.31. The van der Waals surface area contributed by atoms with Gasteiger partial charge < -0.3 is 49.7 Å². The summed E-state index contributed by atoms with van der Waals surface area (Å²) in [5, 5.41) is 6.61. The van der Waals surface area contributed by atoms with Gasteiger partial charge in [-0.25, -0.2) is 0 Å². The molecule has 50 heavy (non-hydrogen) atoms. The van der Waals surface area contributed by atoms with Gasteiger partial charge >= 0.3 is 0 Å². The predicted molar refractivity (Wildman–Crippen MR) is 223 cm³/mol. The Labute approximate surface area is 316 Å². The summed E-state index contributed by atoms with van der Waals surface area (Å²) >= 11 is 2.06. The summed E-state index contributed by atoms with van der Waals surface area (Å²) in [5.74, 6) is 2.66. The molecule has 10 nitrogen and oxygen atoms in total. The Morgan fingerprint density at radius 2 is 0.620 bits per heavy atom. The maximum atomic E-state index is 5.10. The first-order valence-electron chi connectivity index (χ1n) is 20.6. The zero-order valence-corrected chi connectivity index (χ0v) is 35.4. The number of nitrogens with one attached hydrogen (secondary N) is 2. The Hall–Kier alpha value is -0.0500. The Kier molecular flexibility index (Phi) is 33.3. The minimum atomic E-state index is 0.913. The summed E-state index contributed by atoms with van der Waals surface area (Å²) < 4.78 is 5.10. The molecule has 7 saturated heterocycles. The van der Waals surface area contributed by atoms with Crippen LogP contribution in [0.25, 0.3) is 0 Å². The fraction of sp³-hybridized carbons (Fsp3) is 1.00. The molecule has 11 heteroatoms. The van der Waals surface area contributed by atoms with Crippen LogP contribution in [0.3, 0.4) is 0 Å². The SMILES string of the molecule is CN1CCCC1.CN1CCCCC1.CN1CCCCCC1.CN1CCCNCC1.CN1CCNCC1.CN1CCOCC1.CN1CCSCC1. The van der Waals surface area contributed by atoms with E-state index in [9.17, 15) is 0 Å². The van der Waals surface area contributed by atoms with Gasteiger partial charge in [0, 0.05) is 77.0 Å². The third kappa shape index (κ3) is 32.6. The second kappa shape index (κ2) is 34.7. The van der Waals surface area contributed by atoms with Crippen LogP contribution in [0.2, 0.25) is 0 Å². The quantitative estimate of drug-likeness (QED) is 0.387. The monoisotopic (exact) mass is 730 g/mol. The number of morpholine rings is 1. The van der Waals surface area contributed by atoms with Gasteiger partial charge in [0.25, 0.3) is 0 Å². The van der Waals surface area contributed by atoms with E-state index in [0.29, 0.717) is 0 Å². The Bertz CT molecular complexity index is 584. The van der Waals surface area contributed by atoms with Crippen molar-refractivity contribution < 1.29 is 4.74 Å². The number of thioether (sulfide) groups is 1. The van der Waals surface area contributed by atoms with E-state index in [0.717, 1.165) is 45.9 Å². The number of piperazine rings is 1. The number of hydrogen-bond acceptors (Lipinski definition) is 11. The number of likely N-dealkylation sites (tertiary alicyclic amines) is 3. The van der Waals surface area contributed by atoms with Gasteiger partial charge in [0.05, 0.1) is 13.2 Å². The van der Waals surface area contributed by atoms with E-state index >= 15 is 0 Å². The smallest absolute Gasteiger partial charge is 0.0594 e. The highest BCUT2D eigenvalue weighted by Gasteiger charge is 2.06. The molecule has 7 aliphatic rings. The number of likely N-dealkylation sites (N-methyl/N-ethyl adjacent to an activating group) is 3. The van der Waals surface area contributed by atoms with Crippen molar-refractivity contribution in [3.8, 4) is 0 Å². The van der Waals surface area contributed by atoms with Gasteiger partial charge in [-0.05, 0) is 147 Å². The van der Waals surface area contributed by atoms with Crippen LogP contribution in [0.15, 0.2) is 0 Å². The van der Waals surface area contributed by atoms with Crippen LogP contribution in [0.4, 0.5) is 0 Å². The normalized spacial score (nSPS) is 25.3. The fourth-order valence-electron chi connectivity index (χ4n) is 6.22. The minimum Gasteiger partial charge on any atom is -0.379 e. The number of nitrogens with zero attached hydrogens (tertiary/aromatic N) is 7. The maximum absolute atomic E-state index is 5.10. The highest BCUT2D eigenvalue weighted by Crippen LogP contribution is 2.07. The van der Waals surface area contributed by atoms with Gasteiger partial charge in [-0.15, -0.1) is 0 Å². The van der Waals surface area contributed by atoms with E-state index in [1.165, 1.54) is 161 Å². The predicted octanol–water partition coefficient (Wildman–Crippen LogP) is 3.35. The Morgan fingerprint density at radius 1 is 0.320 bits per heavy atom. The third-order valence-electron chi connectivity index (χ3n) is 10.1. The molecule has 0 spiro atoms. The van der Waals surface area contributed by atoms with Crippen molar-refractivity contribution in [1.82, 2.24) is 44.9 Å². The van der Waals surface area contributed by atoms with Gasteiger partial charge in [0.1, 0.15) is 0 Å². The van der Waals surface area contributed by atoms with Crippen LogP contribution in [0.5, 0.6) is 0 Å². The Balaban J connectivity index is 0.000000292. The van der Waals surface area contributed by atoms with Gasteiger partial charge in [0.15, 0.2) is 0 Å². The minimum absolute atomic E-state index is 0.913. The summed E-state index contributed by atoms with van der Waals surface area (Å²) in [4.78, 5) is 16.5. The third-order valence-corrected chi connectivity index (χ3v) is 11.1. The standard InChI is InChI=1S/C7H15N.C6H14N2.C6H13N.C5H12N2.C5H11NO.C5H11NS.C5H11N/c1-8-6-4-2-3-5-7-8;1-8-5-2-3-7-4-6-8;1-7-5-3-2-4-6-7;1-7-4-2-6-3-5-7;2*1-6-2-4-7-5-3-6;1-6-4-2-3-5-6/h2-7H2,1H3;7H,2-6H2,1H3;2-6H2,1H3;6H,2-5H2,1H3;2*2-5H2,1H3;2-5H2,1H3. The van der Waals surface area contributed by atoms with E-state index in [4.69, 9.17) is 4.74 Å². The first-order chi connectivity index (χ1) is 24.3. The van der Waals surface area contributed by atoms with Crippen molar-refractivity contribution in [2.24, 2.45) is 0 Å². The van der Waals surface area contributed by atoms with Crippen LogP contribution in [0, 0.1) is 0 Å². The van der Waals surface area contributed by atoms with E-state index in [-0.39, 0.29) is 0 Å². The molecular weight excluding hydrogens is 643 g/mol. The van der Waals surface area contributed by atoms with Crippen molar-refractivity contribution in [2.75, 3.05) is 192 Å². The number of ether oxygens (including phenoxy) is 1. The lowest BCUT2D eigenvalue weighted by molar-refractivity contribution is 0.0503. The highest BCUT2D eigenvalue weighted by molar-refractivity contribution is 7.99. The lowest BCUT2D eigenvalue weighted by Crippen LogP contribution is -2.40. The molecule has 7 fully saturated rings. The molecule has 0 aliphatic carbocycles. The number of hydrogen-bond donors (Lipinski definition) is 2. The number of piperidine rings is 1. The summed E-state index contributed by atoms with van der Waals surface area (Å²) in [7, 11) is 15.2. The highest BCUT2D eigenvalue weighted by atomic mass is 32.2. The van der Waals surface area contributed by atoms with Crippen molar-refractivity contribution in [2.45, 2.75) is 64.2 Å². The molecule has 0 aromatic rings. The maximum Gasteiger partial charge on any atom is 0.0594 e. The van der Waals surface area contributed by atoms with E-state index in [2.05, 4.69) is 106 Å². The molecular formula is C39H87N9OS. The van der Waals surface area contributed by atoms with Crippen LogP contribution < -0.4 is 10.6 Å². The average molecular weight is 730 g/mol. The van der Waals surface area contributed by atoms with Gasteiger partial charge in [0.2, 0.25) is 0 Å². The molecule has 0 radical (unpaired) electrons. The molecule has 7 aliphatic heterocycles. The summed E-state index contributed by atoms with van der Waals surface area (Å²) in [6.07, 6.45) is 14.1. The molecule has 2 N–H and O–H groups in total. The zero-order chi connectivity index (χ0) is 36.5. The van der Waals surface area contributed by atoms with Gasteiger partial charge in [-0.3, -0.25) is 0 Å². The topological polar surface area (TPSA) is 56.0 Å². The molecule has 0 aromatic heterocycles. The molecule has 300 valence electrons. The second-order valence-electron chi connectivity index (χ2n) is 15.4. The first kappa shape index (κ1) is 48.0. The first-order valence-corrected chi connectivity index (χ1v) is 21.8. The number of rotatable bonds is 0. The fourth-order valence-corrected chi connectivity index (χ4v) is 7.31. The van der Waals surface area contributed by atoms with E-state index in [1.54, 1.807) is 0 Å². The molecule has 0 amide bonds. The molecule has 7 rings (SSSR count). The van der Waals surface area contributed by atoms with Crippen LogP contribution in [-0.4, -0.2) is 226 Å². The van der Waals surface area contributed by atoms with Gasteiger partial charge in [-0.1, -0.05) is 19.3 Å². The summed E-state index contributed by atoms with van der Waals surface area (Å²) in [5.41, 5.74) is 0. The van der Waals surface area contributed by atoms with Crippen molar-refractivity contribution >= 4 is 11.8 Å².